The van der Waals surface area contributed by atoms with Crippen LogP contribution in [0.1, 0.15) is 5.69 Å². The summed E-state index contributed by atoms with van der Waals surface area (Å²) in [7, 11) is -3.51. The summed E-state index contributed by atoms with van der Waals surface area (Å²) in [6.45, 7) is 0. The molecule has 0 aromatic carbocycles. The quantitative estimate of drug-likeness (QED) is 0.733. The highest BCUT2D eigenvalue weighted by atomic mass is 79.9. The van der Waals surface area contributed by atoms with Crippen molar-refractivity contribution in [3.63, 3.8) is 0 Å². The molecule has 0 atom stereocenters. The molecular formula is C5H3BrN2O3S. The van der Waals surface area contributed by atoms with Gasteiger partial charge in [-0.2, -0.15) is 10.2 Å². The molecule has 1 rings (SSSR count). The molecule has 0 N–H and O–H groups in total. The Labute approximate surface area is 77.1 Å². The van der Waals surface area contributed by atoms with E-state index in [2.05, 4.69) is 25.3 Å². The molecule has 0 aliphatic rings. The van der Waals surface area contributed by atoms with Crippen molar-refractivity contribution >= 4 is 25.8 Å². The van der Waals surface area contributed by atoms with Crippen molar-refractivity contribution in [2.24, 2.45) is 0 Å². The first kappa shape index (κ1) is 9.22. The van der Waals surface area contributed by atoms with Gasteiger partial charge in [-0.15, -0.1) is 0 Å². The molecule has 0 saturated carbocycles. The largest absolute Gasteiger partial charge is 0.418 e. The Balaban J connectivity index is 3.46. The minimum atomic E-state index is -3.51. The second-order valence-electron chi connectivity index (χ2n) is 1.99. The SMILES string of the molecule is CS(=O)(=O)c1oc(Br)nc1C#N. The number of sulfone groups is 1. The number of aromatic nitrogens is 1. The van der Waals surface area contributed by atoms with Crippen LogP contribution in [0.5, 0.6) is 0 Å². The van der Waals surface area contributed by atoms with Crippen LogP contribution in [0, 0.1) is 11.3 Å². The van der Waals surface area contributed by atoms with Crippen molar-refractivity contribution in [3.8, 4) is 6.07 Å². The summed E-state index contributed by atoms with van der Waals surface area (Å²) >= 11 is 2.82. The van der Waals surface area contributed by atoms with Crippen LogP contribution < -0.4 is 0 Å². The molecule has 0 amide bonds. The van der Waals surface area contributed by atoms with Crippen molar-refractivity contribution in [2.75, 3.05) is 6.26 Å². The maximum Gasteiger partial charge on any atom is 0.266 e. The highest BCUT2D eigenvalue weighted by Gasteiger charge is 2.20. The van der Waals surface area contributed by atoms with Gasteiger partial charge in [-0.3, -0.25) is 0 Å². The minimum Gasteiger partial charge on any atom is -0.418 e. The van der Waals surface area contributed by atoms with Gasteiger partial charge in [-0.05, 0) is 0 Å². The van der Waals surface area contributed by atoms with Crippen molar-refractivity contribution in [3.05, 3.63) is 10.5 Å². The lowest BCUT2D eigenvalue weighted by atomic mass is 10.6. The Kier molecular flexibility index (Phi) is 2.21. The summed E-state index contributed by atoms with van der Waals surface area (Å²) in [6.07, 6.45) is 0.945. The third kappa shape index (κ3) is 1.65. The zero-order valence-electron chi connectivity index (χ0n) is 5.91. The number of halogens is 1. The summed E-state index contributed by atoms with van der Waals surface area (Å²) in [6, 6.07) is 1.61. The van der Waals surface area contributed by atoms with Gasteiger partial charge in [-0.25, -0.2) is 8.42 Å². The minimum absolute atomic E-state index is 0.0144. The molecule has 0 radical (unpaired) electrons. The van der Waals surface area contributed by atoms with Crippen LogP contribution in [-0.2, 0) is 9.84 Å². The topological polar surface area (TPSA) is 84.0 Å². The first-order valence-corrected chi connectivity index (χ1v) is 5.40. The number of hydrogen-bond donors (Lipinski definition) is 0. The van der Waals surface area contributed by atoms with E-state index in [4.69, 9.17) is 5.26 Å². The van der Waals surface area contributed by atoms with Gasteiger partial charge in [-0.1, -0.05) is 0 Å². The predicted octanol–water partition coefficient (Wildman–Crippen LogP) is 0.712. The molecule has 0 fully saturated rings. The molecular weight excluding hydrogens is 248 g/mol. The van der Waals surface area contributed by atoms with E-state index < -0.39 is 14.9 Å². The van der Waals surface area contributed by atoms with Gasteiger partial charge in [0.1, 0.15) is 6.07 Å². The third-order valence-corrected chi connectivity index (χ3v) is 2.30. The lowest BCUT2D eigenvalue weighted by Crippen LogP contribution is -1.97. The number of rotatable bonds is 1. The molecule has 64 valence electrons. The molecule has 7 heteroatoms. The average molecular weight is 251 g/mol. The molecule has 0 saturated heterocycles. The van der Waals surface area contributed by atoms with Crippen LogP contribution in [0.15, 0.2) is 14.3 Å². The second-order valence-corrected chi connectivity index (χ2v) is 4.58. The van der Waals surface area contributed by atoms with Crippen LogP contribution in [-0.4, -0.2) is 19.7 Å². The zero-order valence-corrected chi connectivity index (χ0v) is 8.31. The fraction of sp³-hybridized carbons (Fsp3) is 0.200. The Morgan fingerprint density at radius 3 is 2.58 bits per heavy atom. The van der Waals surface area contributed by atoms with Crippen molar-refractivity contribution in [1.82, 2.24) is 4.98 Å². The summed E-state index contributed by atoms with van der Waals surface area (Å²) in [5.74, 6) is 0. The van der Waals surface area contributed by atoms with Crippen molar-refractivity contribution in [2.45, 2.75) is 5.09 Å². The van der Waals surface area contributed by atoms with Gasteiger partial charge in [0, 0.05) is 22.2 Å². The van der Waals surface area contributed by atoms with Gasteiger partial charge < -0.3 is 4.42 Å². The lowest BCUT2D eigenvalue weighted by molar-refractivity contribution is 0.427. The number of oxazole rings is 1. The standard InChI is InChI=1S/C5H3BrN2O3S/c1-12(9,10)4-3(2-7)8-5(6)11-4/h1H3. The monoisotopic (exact) mass is 250 g/mol. The van der Waals surface area contributed by atoms with E-state index in [1.165, 1.54) is 0 Å². The normalized spacial score (nSPS) is 11.1. The molecule has 0 aliphatic heterocycles. The van der Waals surface area contributed by atoms with E-state index in [-0.39, 0.29) is 10.5 Å². The molecule has 1 heterocycles. The maximum absolute atomic E-state index is 10.9. The van der Waals surface area contributed by atoms with Gasteiger partial charge >= 0.3 is 0 Å². The predicted molar refractivity (Wildman–Crippen MR) is 42.0 cm³/mol. The highest BCUT2D eigenvalue weighted by molar-refractivity contribution is 9.10. The number of nitriles is 1. The second kappa shape index (κ2) is 2.88. The van der Waals surface area contributed by atoms with Gasteiger partial charge in [0.25, 0.3) is 9.89 Å². The van der Waals surface area contributed by atoms with Gasteiger partial charge in [0.15, 0.2) is 5.69 Å². The van der Waals surface area contributed by atoms with E-state index in [0.29, 0.717) is 0 Å². The van der Waals surface area contributed by atoms with E-state index in [9.17, 15) is 8.42 Å². The molecule has 0 bridgehead atoms. The first-order valence-electron chi connectivity index (χ1n) is 2.71. The van der Waals surface area contributed by atoms with Crippen LogP contribution in [0.25, 0.3) is 0 Å². The Morgan fingerprint density at radius 1 is 1.67 bits per heavy atom. The third-order valence-electron chi connectivity index (χ3n) is 1.01. The van der Waals surface area contributed by atoms with Crippen molar-refractivity contribution < 1.29 is 12.8 Å². The lowest BCUT2D eigenvalue weighted by Gasteiger charge is -1.88. The van der Waals surface area contributed by atoms with Crippen LogP contribution >= 0.6 is 15.9 Å². The summed E-state index contributed by atoms with van der Waals surface area (Å²) in [5.41, 5.74) is -0.232. The molecule has 1 aromatic rings. The van der Waals surface area contributed by atoms with Gasteiger partial charge in [0.05, 0.1) is 0 Å². The highest BCUT2D eigenvalue weighted by Crippen LogP contribution is 2.19. The smallest absolute Gasteiger partial charge is 0.266 e. The molecule has 0 unspecified atom stereocenters. The molecule has 5 nitrogen and oxygen atoms in total. The summed E-state index contributed by atoms with van der Waals surface area (Å²) in [5, 5.41) is 8.03. The molecule has 1 aromatic heterocycles. The fourth-order valence-electron chi connectivity index (χ4n) is 0.603. The van der Waals surface area contributed by atoms with Crippen LogP contribution in [0.3, 0.4) is 0 Å². The van der Waals surface area contributed by atoms with E-state index in [1.807, 2.05) is 0 Å². The molecule has 0 spiro atoms. The zero-order chi connectivity index (χ0) is 9.35. The first-order chi connectivity index (χ1) is 5.45. The summed E-state index contributed by atoms with van der Waals surface area (Å²) in [4.78, 5) is 3.49. The number of nitrogens with zero attached hydrogens (tertiary/aromatic N) is 2. The summed E-state index contributed by atoms with van der Waals surface area (Å²) < 4.78 is 26.5. The molecule has 12 heavy (non-hydrogen) atoms. The van der Waals surface area contributed by atoms with Crippen LogP contribution in [0.2, 0.25) is 0 Å². The van der Waals surface area contributed by atoms with E-state index >= 15 is 0 Å². The van der Waals surface area contributed by atoms with Crippen molar-refractivity contribution in [1.29, 1.82) is 5.26 Å². The fourth-order valence-corrected chi connectivity index (χ4v) is 1.72. The molecule has 0 aliphatic carbocycles. The van der Waals surface area contributed by atoms with E-state index in [1.54, 1.807) is 6.07 Å². The van der Waals surface area contributed by atoms with E-state index in [0.717, 1.165) is 6.26 Å². The van der Waals surface area contributed by atoms with Crippen LogP contribution in [0.4, 0.5) is 0 Å². The Bertz CT molecular complexity index is 442. The Morgan fingerprint density at radius 2 is 2.25 bits per heavy atom. The average Bonchev–Trinajstić information content (AvgIpc) is 2.29. The maximum atomic E-state index is 10.9. The Hall–Kier alpha value is -0.870. The number of hydrogen-bond acceptors (Lipinski definition) is 5. The van der Waals surface area contributed by atoms with Gasteiger partial charge in [0.2, 0.25) is 9.84 Å².